The van der Waals surface area contributed by atoms with Crippen LogP contribution in [0.25, 0.3) is 11.0 Å². The number of ether oxygens (including phenoxy) is 1. The molecule has 3 aromatic carbocycles. The number of aromatic nitrogens is 2. The minimum absolute atomic E-state index is 0.0506. The van der Waals surface area contributed by atoms with E-state index in [0.717, 1.165) is 33.9 Å². The highest BCUT2D eigenvalue weighted by molar-refractivity contribution is 6.30. The van der Waals surface area contributed by atoms with Gasteiger partial charge in [0.2, 0.25) is 5.91 Å². The highest BCUT2D eigenvalue weighted by atomic mass is 35.5. The zero-order valence-electron chi connectivity index (χ0n) is 19.8. The van der Waals surface area contributed by atoms with Gasteiger partial charge in [-0.15, -0.1) is 0 Å². The maximum absolute atomic E-state index is 12.9. The van der Waals surface area contributed by atoms with Crippen LogP contribution in [0.4, 0.5) is 5.69 Å². The number of amides is 1. The number of aliphatic hydroxyl groups excluding tert-OH is 1. The molecule has 0 saturated carbocycles. The molecule has 1 aliphatic heterocycles. The molecule has 1 saturated heterocycles. The number of aryl methyl sites for hydroxylation is 2. The summed E-state index contributed by atoms with van der Waals surface area (Å²) in [6.07, 6.45) is -0.377. The van der Waals surface area contributed by atoms with Gasteiger partial charge in [-0.05, 0) is 61.9 Å². The van der Waals surface area contributed by atoms with Crippen LogP contribution in [-0.2, 0) is 11.3 Å². The van der Waals surface area contributed by atoms with Crippen LogP contribution in [0, 0.1) is 13.8 Å². The third-order valence-electron chi connectivity index (χ3n) is 6.47. The van der Waals surface area contributed by atoms with E-state index in [1.165, 1.54) is 5.56 Å². The first-order chi connectivity index (χ1) is 16.9. The first kappa shape index (κ1) is 23.4. The van der Waals surface area contributed by atoms with Crippen LogP contribution >= 0.6 is 11.6 Å². The predicted molar refractivity (Wildman–Crippen MR) is 138 cm³/mol. The summed E-state index contributed by atoms with van der Waals surface area (Å²) in [4.78, 5) is 19.6. The molecule has 7 heteroatoms. The van der Waals surface area contributed by atoms with Gasteiger partial charge in [0.15, 0.2) is 0 Å². The van der Waals surface area contributed by atoms with Crippen molar-refractivity contribution >= 4 is 34.2 Å². The van der Waals surface area contributed by atoms with Crippen LogP contribution in [0.3, 0.4) is 0 Å². The molecule has 0 spiro atoms. The fourth-order valence-corrected chi connectivity index (χ4v) is 4.89. The summed E-state index contributed by atoms with van der Waals surface area (Å²) < 4.78 is 7.96. The molecule has 1 aromatic heterocycles. The predicted octanol–water partition coefficient (Wildman–Crippen LogP) is 5.27. The van der Waals surface area contributed by atoms with Crippen molar-refractivity contribution in [2.24, 2.45) is 0 Å². The summed E-state index contributed by atoms with van der Waals surface area (Å²) in [6.45, 7) is 5.06. The second-order valence-corrected chi connectivity index (χ2v) is 9.62. The summed E-state index contributed by atoms with van der Waals surface area (Å²) in [5, 5.41) is 11.5. The van der Waals surface area contributed by atoms with E-state index in [1.807, 2.05) is 66.9 Å². The quantitative estimate of drug-likeness (QED) is 0.384. The molecule has 2 atom stereocenters. The van der Waals surface area contributed by atoms with E-state index in [2.05, 4.69) is 6.07 Å². The van der Waals surface area contributed by atoms with E-state index in [0.29, 0.717) is 24.5 Å². The number of carbonyl (C=O) groups excluding carboxylic acids is 1. The molecule has 1 aliphatic rings. The molecular formula is C28H28ClN3O3. The fourth-order valence-electron chi connectivity index (χ4n) is 4.76. The Labute approximate surface area is 209 Å². The van der Waals surface area contributed by atoms with Gasteiger partial charge in [0, 0.05) is 29.6 Å². The lowest BCUT2D eigenvalue weighted by atomic mass is 10.1. The average molecular weight is 490 g/mol. The molecule has 6 nitrogen and oxygen atoms in total. The topological polar surface area (TPSA) is 67.6 Å². The number of benzene rings is 3. The molecule has 0 radical (unpaired) electrons. The minimum atomic E-state index is -0.739. The normalized spacial score (nSPS) is 16.7. The first-order valence-corrected chi connectivity index (χ1v) is 12.2. The lowest BCUT2D eigenvalue weighted by molar-refractivity contribution is -0.117. The molecular weight excluding hydrogens is 462 g/mol. The van der Waals surface area contributed by atoms with Crippen molar-refractivity contribution in [3.05, 3.63) is 88.7 Å². The molecule has 0 bridgehead atoms. The molecule has 1 N–H and O–H groups in total. The van der Waals surface area contributed by atoms with Gasteiger partial charge in [-0.1, -0.05) is 41.4 Å². The third-order valence-corrected chi connectivity index (χ3v) is 6.72. The van der Waals surface area contributed by atoms with Gasteiger partial charge in [0.05, 0.1) is 17.6 Å². The van der Waals surface area contributed by atoms with Crippen LogP contribution in [0.15, 0.2) is 66.7 Å². The summed E-state index contributed by atoms with van der Waals surface area (Å²) in [6, 6.07) is 21.2. The van der Waals surface area contributed by atoms with E-state index >= 15 is 0 Å². The SMILES string of the molecule is Cc1ccc(OCC(O)Cn2c(C3CC(=O)N(c4ccc(Cl)cc4)C3)nc3ccccc32)c(C)c1. The Morgan fingerprint density at radius 3 is 2.66 bits per heavy atom. The second kappa shape index (κ2) is 9.72. The molecule has 180 valence electrons. The highest BCUT2D eigenvalue weighted by Gasteiger charge is 2.35. The molecule has 35 heavy (non-hydrogen) atoms. The van der Waals surface area contributed by atoms with Crippen LogP contribution in [-0.4, -0.2) is 39.8 Å². The van der Waals surface area contributed by atoms with Gasteiger partial charge in [0.1, 0.15) is 24.3 Å². The van der Waals surface area contributed by atoms with Crippen LogP contribution in [0.1, 0.15) is 29.3 Å². The maximum Gasteiger partial charge on any atom is 0.227 e. The van der Waals surface area contributed by atoms with Crippen molar-refractivity contribution in [3.8, 4) is 5.75 Å². The molecule has 0 aliphatic carbocycles. The van der Waals surface area contributed by atoms with Crippen molar-refractivity contribution in [1.29, 1.82) is 0 Å². The number of aliphatic hydroxyl groups is 1. The standard InChI is InChI=1S/C28H28ClN3O3/c1-18-7-12-26(19(2)13-18)35-17-23(33)16-32-25-6-4-3-5-24(25)30-28(32)20-14-27(34)31(15-20)22-10-8-21(29)9-11-22/h3-13,20,23,33H,14-17H2,1-2H3. The fraction of sp³-hybridized carbons (Fsp3) is 0.286. The molecule has 2 unspecified atom stereocenters. The zero-order valence-corrected chi connectivity index (χ0v) is 20.6. The smallest absolute Gasteiger partial charge is 0.227 e. The Kier molecular flexibility index (Phi) is 6.50. The number of anilines is 1. The van der Waals surface area contributed by atoms with Crippen LogP contribution < -0.4 is 9.64 Å². The Balaban J connectivity index is 1.37. The van der Waals surface area contributed by atoms with E-state index in [-0.39, 0.29) is 18.4 Å². The first-order valence-electron chi connectivity index (χ1n) is 11.8. The molecule has 2 heterocycles. The highest BCUT2D eigenvalue weighted by Crippen LogP contribution is 2.34. The van der Waals surface area contributed by atoms with Crippen molar-refractivity contribution in [2.75, 3.05) is 18.1 Å². The third kappa shape index (κ3) is 4.90. The van der Waals surface area contributed by atoms with Crippen molar-refractivity contribution < 1.29 is 14.6 Å². The number of fused-ring (bicyclic) bond motifs is 1. The van der Waals surface area contributed by atoms with Crippen molar-refractivity contribution in [3.63, 3.8) is 0 Å². The van der Waals surface area contributed by atoms with Crippen LogP contribution in [0.2, 0.25) is 5.02 Å². The number of hydrogen-bond acceptors (Lipinski definition) is 4. The Bertz CT molecular complexity index is 1370. The summed E-state index contributed by atoms with van der Waals surface area (Å²) in [5.41, 5.74) is 4.82. The number of hydrogen-bond donors (Lipinski definition) is 1. The number of nitrogens with zero attached hydrogens (tertiary/aromatic N) is 3. The number of carbonyl (C=O) groups is 1. The molecule has 5 rings (SSSR count). The maximum atomic E-state index is 12.9. The molecule has 4 aromatic rings. The Morgan fingerprint density at radius 2 is 1.89 bits per heavy atom. The lowest BCUT2D eigenvalue weighted by Gasteiger charge is -2.19. The van der Waals surface area contributed by atoms with Gasteiger partial charge in [-0.25, -0.2) is 4.98 Å². The van der Waals surface area contributed by atoms with Crippen LogP contribution in [0.5, 0.6) is 5.75 Å². The molecule has 1 amide bonds. The molecule has 1 fully saturated rings. The number of halogens is 1. The minimum Gasteiger partial charge on any atom is -0.491 e. The van der Waals surface area contributed by atoms with E-state index in [9.17, 15) is 9.90 Å². The summed E-state index contributed by atoms with van der Waals surface area (Å²) >= 11 is 6.02. The second-order valence-electron chi connectivity index (χ2n) is 9.18. The van der Waals surface area contributed by atoms with E-state index < -0.39 is 6.10 Å². The van der Waals surface area contributed by atoms with Gasteiger partial charge in [-0.3, -0.25) is 4.79 Å². The Hall–Kier alpha value is -3.35. The largest absolute Gasteiger partial charge is 0.491 e. The van der Waals surface area contributed by atoms with Gasteiger partial charge in [-0.2, -0.15) is 0 Å². The summed E-state index contributed by atoms with van der Waals surface area (Å²) in [5.74, 6) is 1.54. The van der Waals surface area contributed by atoms with Gasteiger partial charge < -0.3 is 19.3 Å². The number of imidazole rings is 1. The Morgan fingerprint density at radius 1 is 1.11 bits per heavy atom. The summed E-state index contributed by atoms with van der Waals surface area (Å²) in [7, 11) is 0. The van der Waals surface area contributed by atoms with Crippen molar-refractivity contribution in [2.45, 2.75) is 38.8 Å². The monoisotopic (exact) mass is 489 g/mol. The zero-order chi connectivity index (χ0) is 24.5. The number of rotatable bonds is 7. The van der Waals surface area contributed by atoms with Crippen molar-refractivity contribution in [1.82, 2.24) is 9.55 Å². The average Bonchev–Trinajstić information content (AvgIpc) is 3.40. The van der Waals surface area contributed by atoms with Gasteiger partial charge in [0.25, 0.3) is 0 Å². The lowest BCUT2D eigenvalue weighted by Crippen LogP contribution is -2.26. The number of para-hydroxylation sites is 2. The van der Waals surface area contributed by atoms with E-state index in [4.69, 9.17) is 21.3 Å². The van der Waals surface area contributed by atoms with Gasteiger partial charge >= 0.3 is 0 Å². The van der Waals surface area contributed by atoms with E-state index in [1.54, 1.807) is 17.0 Å².